The molecule has 2 N–H and O–H groups in total. The van der Waals surface area contributed by atoms with Gasteiger partial charge in [-0.15, -0.1) is 0 Å². The molecule has 0 spiro atoms. The van der Waals surface area contributed by atoms with Crippen molar-refractivity contribution < 1.29 is 5.11 Å². The Hall–Kier alpha value is -2.92. The molecular weight excluding hydrogens is 306 g/mol. The number of hydrogen-bond acceptors (Lipinski definition) is 3. The Morgan fingerprint density at radius 3 is 2.61 bits per heavy atom. The van der Waals surface area contributed by atoms with Crippen LogP contribution in [0, 0.1) is 4.77 Å². The molecule has 0 aliphatic carbocycles. The lowest BCUT2D eigenvalue weighted by Crippen LogP contribution is -1.92. The van der Waals surface area contributed by atoms with Crippen LogP contribution >= 0.6 is 12.2 Å². The number of aromatic amines is 1. The fourth-order valence-electron chi connectivity index (χ4n) is 2.67. The van der Waals surface area contributed by atoms with E-state index in [1.165, 1.54) is 0 Å². The topological polar surface area (TPSA) is 53.3 Å². The highest BCUT2D eigenvalue weighted by atomic mass is 32.1. The van der Waals surface area contributed by atoms with Crippen LogP contribution in [0.5, 0.6) is 5.88 Å². The molecule has 3 aromatic rings. The number of aromatic nitrogens is 2. The van der Waals surface area contributed by atoms with Crippen LogP contribution < -0.4 is 0 Å². The summed E-state index contributed by atoms with van der Waals surface area (Å²) in [7, 11) is 0. The van der Waals surface area contributed by atoms with Crippen LogP contribution in [0.3, 0.4) is 0 Å². The van der Waals surface area contributed by atoms with Crippen molar-refractivity contribution in [3.05, 3.63) is 70.6 Å². The number of hydrogen-bond donors (Lipinski definition) is 2. The lowest BCUT2D eigenvalue weighted by Gasteiger charge is -2.03. The third kappa shape index (κ3) is 2.31. The first-order valence-electron chi connectivity index (χ1n) is 7.18. The summed E-state index contributed by atoms with van der Waals surface area (Å²) in [5, 5.41) is 10.5. The molecule has 2 aromatic carbocycles. The fraction of sp³-hybridized carbons (Fsp3) is 0. The Morgan fingerprint density at radius 1 is 1.04 bits per heavy atom. The molecule has 23 heavy (non-hydrogen) atoms. The summed E-state index contributed by atoms with van der Waals surface area (Å²) in [6, 6.07) is 17.4. The highest BCUT2D eigenvalue weighted by molar-refractivity contribution is 7.71. The molecule has 0 saturated carbocycles. The molecule has 0 radical (unpaired) electrons. The highest BCUT2D eigenvalue weighted by Crippen LogP contribution is 2.33. The summed E-state index contributed by atoms with van der Waals surface area (Å²) in [4.78, 5) is 7.43. The van der Waals surface area contributed by atoms with Gasteiger partial charge in [0, 0.05) is 17.4 Å². The van der Waals surface area contributed by atoms with Crippen molar-refractivity contribution in [2.45, 2.75) is 0 Å². The maximum atomic E-state index is 10.5. The maximum Gasteiger partial charge on any atom is 0.222 e. The zero-order valence-corrected chi connectivity index (χ0v) is 12.9. The van der Waals surface area contributed by atoms with E-state index in [2.05, 4.69) is 9.98 Å². The minimum absolute atomic E-state index is 0.0893. The molecule has 112 valence electrons. The number of aromatic hydroxyl groups is 1. The predicted molar refractivity (Wildman–Crippen MR) is 95.1 cm³/mol. The molecule has 1 aliphatic heterocycles. The van der Waals surface area contributed by atoms with Gasteiger partial charge in [0.05, 0.1) is 11.4 Å². The first kappa shape index (κ1) is 13.7. The van der Waals surface area contributed by atoms with Gasteiger partial charge in [-0.3, -0.25) is 9.56 Å². The second kappa shape index (κ2) is 5.37. The van der Waals surface area contributed by atoms with E-state index in [0.717, 1.165) is 22.5 Å². The van der Waals surface area contributed by atoms with Crippen LogP contribution in [0.25, 0.3) is 17.3 Å². The molecule has 0 saturated heterocycles. The molecule has 0 fully saturated rings. The molecule has 4 nitrogen and oxygen atoms in total. The third-order valence-electron chi connectivity index (χ3n) is 3.77. The van der Waals surface area contributed by atoms with Crippen LogP contribution in [0.2, 0.25) is 0 Å². The van der Waals surface area contributed by atoms with E-state index < -0.39 is 0 Å². The second-order valence-corrected chi connectivity index (χ2v) is 5.60. The van der Waals surface area contributed by atoms with Crippen molar-refractivity contribution in [2.24, 2.45) is 4.99 Å². The number of rotatable bonds is 2. The molecule has 0 unspecified atom stereocenters. The lowest BCUT2D eigenvalue weighted by molar-refractivity contribution is 0.441. The number of benzene rings is 2. The Morgan fingerprint density at radius 2 is 1.78 bits per heavy atom. The number of imidazole rings is 1. The number of allylic oxidation sites excluding steroid dienone is 1. The maximum absolute atomic E-state index is 10.5. The SMILES string of the molecule is Oc1c(/C=C2\C=Nc3ccccc32)[nH]c(=S)n1-c1ccccc1. The van der Waals surface area contributed by atoms with Gasteiger partial charge >= 0.3 is 0 Å². The van der Waals surface area contributed by atoms with Crippen molar-refractivity contribution in [1.82, 2.24) is 9.55 Å². The summed E-state index contributed by atoms with van der Waals surface area (Å²) < 4.78 is 2.06. The van der Waals surface area contributed by atoms with Gasteiger partial charge < -0.3 is 10.1 Å². The zero-order valence-electron chi connectivity index (χ0n) is 12.1. The summed E-state index contributed by atoms with van der Waals surface area (Å²) in [6.45, 7) is 0. The average molecular weight is 319 g/mol. The van der Waals surface area contributed by atoms with Crippen LogP contribution in [-0.2, 0) is 0 Å². The van der Waals surface area contributed by atoms with Gasteiger partial charge in [-0.25, -0.2) is 0 Å². The van der Waals surface area contributed by atoms with Crippen molar-refractivity contribution in [3.8, 4) is 11.6 Å². The number of H-pyrrole nitrogens is 1. The van der Waals surface area contributed by atoms with Crippen molar-refractivity contribution in [3.63, 3.8) is 0 Å². The van der Waals surface area contributed by atoms with Crippen molar-refractivity contribution in [2.75, 3.05) is 0 Å². The monoisotopic (exact) mass is 319 g/mol. The third-order valence-corrected chi connectivity index (χ3v) is 4.05. The van der Waals surface area contributed by atoms with Crippen molar-refractivity contribution >= 4 is 35.8 Å². The molecule has 4 rings (SSSR count). The molecule has 2 heterocycles. The van der Waals surface area contributed by atoms with E-state index in [0.29, 0.717) is 10.5 Å². The Kier molecular flexibility index (Phi) is 3.20. The van der Waals surface area contributed by atoms with Crippen LogP contribution in [-0.4, -0.2) is 20.9 Å². The van der Waals surface area contributed by atoms with Gasteiger partial charge in [-0.05, 0) is 36.5 Å². The van der Waals surface area contributed by atoms with E-state index in [1.54, 1.807) is 10.8 Å². The number of fused-ring (bicyclic) bond motifs is 1. The Balaban J connectivity index is 1.83. The Labute approximate surface area is 138 Å². The molecule has 1 aliphatic rings. The fourth-order valence-corrected chi connectivity index (χ4v) is 2.97. The molecule has 0 bridgehead atoms. The average Bonchev–Trinajstić information content (AvgIpc) is 3.10. The first-order valence-corrected chi connectivity index (χ1v) is 7.59. The summed E-state index contributed by atoms with van der Waals surface area (Å²) in [5.41, 5.74) is 4.29. The lowest BCUT2D eigenvalue weighted by atomic mass is 10.1. The van der Waals surface area contributed by atoms with Crippen LogP contribution in [0.4, 0.5) is 5.69 Å². The molecular formula is C18H13N3OS. The minimum atomic E-state index is 0.0893. The van der Waals surface area contributed by atoms with E-state index in [1.807, 2.05) is 60.7 Å². The molecule has 0 atom stereocenters. The highest BCUT2D eigenvalue weighted by Gasteiger charge is 2.15. The van der Waals surface area contributed by atoms with Gasteiger partial charge in [-0.1, -0.05) is 36.4 Å². The number of para-hydroxylation sites is 2. The summed E-state index contributed by atoms with van der Waals surface area (Å²) in [6.07, 6.45) is 3.65. The quantitative estimate of drug-likeness (QED) is 0.683. The standard InChI is InChI=1S/C18H13N3OS/c22-17-16(10-12-11-19-15-9-5-4-8-14(12)15)20-18(23)21(17)13-6-2-1-3-7-13/h1-11,22H,(H,20,23)/b12-10+. The minimum Gasteiger partial charge on any atom is -0.493 e. The largest absolute Gasteiger partial charge is 0.493 e. The van der Waals surface area contributed by atoms with E-state index in [9.17, 15) is 5.11 Å². The van der Waals surface area contributed by atoms with Crippen LogP contribution in [0.15, 0.2) is 59.6 Å². The smallest absolute Gasteiger partial charge is 0.222 e. The predicted octanol–water partition coefficient (Wildman–Crippen LogP) is 4.50. The molecule has 5 heteroatoms. The van der Waals surface area contributed by atoms with Crippen molar-refractivity contribution in [1.29, 1.82) is 0 Å². The number of aliphatic imine (C=N–C) groups is 1. The summed E-state index contributed by atoms with van der Waals surface area (Å²) >= 11 is 5.35. The molecule has 0 amide bonds. The van der Waals surface area contributed by atoms with Gasteiger partial charge in [0.1, 0.15) is 5.69 Å². The van der Waals surface area contributed by atoms with E-state index >= 15 is 0 Å². The van der Waals surface area contributed by atoms with Gasteiger partial charge in [0.25, 0.3) is 0 Å². The van der Waals surface area contributed by atoms with E-state index in [-0.39, 0.29) is 5.88 Å². The first-order chi connectivity index (χ1) is 11.2. The Bertz CT molecular complexity index is 997. The normalized spacial score (nSPS) is 14.3. The number of nitrogens with zero attached hydrogens (tertiary/aromatic N) is 2. The van der Waals surface area contributed by atoms with Gasteiger partial charge in [0.15, 0.2) is 4.77 Å². The van der Waals surface area contributed by atoms with Crippen LogP contribution in [0.1, 0.15) is 11.3 Å². The number of nitrogens with one attached hydrogen (secondary N) is 1. The second-order valence-electron chi connectivity index (χ2n) is 5.21. The molecule has 1 aromatic heterocycles. The van der Waals surface area contributed by atoms with E-state index in [4.69, 9.17) is 12.2 Å². The van der Waals surface area contributed by atoms with Gasteiger partial charge in [0.2, 0.25) is 5.88 Å². The van der Waals surface area contributed by atoms with Gasteiger partial charge in [-0.2, -0.15) is 0 Å². The summed E-state index contributed by atoms with van der Waals surface area (Å²) in [5.74, 6) is 0.0893. The zero-order chi connectivity index (χ0) is 15.8.